The van der Waals surface area contributed by atoms with E-state index in [0.29, 0.717) is 34.7 Å². The van der Waals surface area contributed by atoms with Crippen molar-refractivity contribution in [2.45, 2.75) is 12.7 Å². The van der Waals surface area contributed by atoms with Gasteiger partial charge in [0.2, 0.25) is 17.6 Å². The number of methoxy groups -OCH3 is 2. The fourth-order valence-corrected chi connectivity index (χ4v) is 3.10. The van der Waals surface area contributed by atoms with Crippen LogP contribution < -0.4 is 14.8 Å². The van der Waals surface area contributed by atoms with E-state index in [1.165, 1.54) is 17.3 Å². The number of anilines is 1. The van der Waals surface area contributed by atoms with Crippen LogP contribution in [0.1, 0.15) is 11.5 Å². The van der Waals surface area contributed by atoms with Gasteiger partial charge in [-0.2, -0.15) is 4.98 Å². The van der Waals surface area contributed by atoms with Gasteiger partial charge >= 0.3 is 0 Å². The third-order valence-corrected chi connectivity index (χ3v) is 4.84. The number of aromatic nitrogens is 2. The molecule has 1 heterocycles. The SMILES string of the molecule is COc1ccc(NC(=O)CSCc2nc(-c3ccc(C)cc3)no2)c(OC)c1. The van der Waals surface area contributed by atoms with E-state index in [4.69, 9.17) is 14.0 Å². The van der Waals surface area contributed by atoms with E-state index < -0.39 is 0 Å². The van der Waals surface area contributed by atoms with Crippen molar-refractivity contribution >= 4 is 23.4 Å². The van der Waals surface area contributed by atoms with Gasteiger partial charge in [0.05, 0.1) is 31.4 Å². The van der Waals surface area contributed by atoms with E-state index in [-0.39, 0.29) is 11.7 Å². The molecule has 0 fully saturated rings. The number of hydrogen-bond donors (Lipinski definition) is 1. The van der Waals surface area contributed by atoms with Gasteiger partial charge in [-0.05, 0) is 19.1 Å². The average Bonchev–Trinajstić information content (AvgIpc) is 3.17. The first-order valence-electron chi connectivity index (χ1n) is 8.58. The van der Waals surface area contributed by atoms with Crippen molar-refractivity contribution in [1.29, 1.82) is 0 Å². The van der Waals surface area contributed by atoms with Gasteiger partial charge in [-0.15, -0.1) is 11.8 Å². The number of hydrogen-bond acceptors (Lipinski definition) is 7. The van der Waals surface area contributed by atoms with Crippen LogP contribution in [0.5, 0.6) is 11.5 Å². The van der Waals surface area contributed by atoms with Gasteiger partial charge in [0, 0.05) is 11.6 Å². The van der Waals surface area contributed by atoms with Gasteiger partial charge in [0.15, 0.2) is 0 Å². The Kier molecular flexibility index (Phi) is 6.54. The lowest BCUT2D eigenvalue weighted by atomic mass is 10.1. The van der Waals surface area contributed by atoms with E-state index in [9.17, 15) is 4.79 Å². The minimum atomic E-state index is -0.147. The molecule has 2 aromatic carbocycles. The second kappa shape index (κ2) is 9.27. The number of carbonyl (C=O) groups is 1. The Hall–Kier alpha value is -3.00. The second-order valence-electron chi connectivity index (χ2n) is 5.98. The maximum Gasteiger partial charge on any atom is 0.236 e. The number of benzene rings is 2. The highest BCUT2D eigenvalue weighted by atomic mass is 32.2. The highest BCUT2D eigenvalue weighted by molar-refractivity contribution is 7.99. The molecule has 1 amide bonds. The summed E-state index contributed by atoms with van der Waals surface area (Å²) in [6.45, 7) is 2.02. The number of aryl methyl sites for hydroxylation is 1. The van der Waals surface area contributed by atoms with Crippen LogP contribution in [0, 0.1) is 6.92 Å². The van der Waals surface area contributed by atoms with Crippen LogP contribution in [0.4, 0.5) is 5.69 Å². The summed E-state index contributed by atoms with van der Waals surface area (Å²) in [5.41, 5.74) is 2.66. The Morgan fingerprint density at radius 2 is 1.93 bits per heavy atom. The fraction of sp³-hybridized carbons (Fsp3) is 0.250. The van der Waals surface area contributed by atoms with Gasteiger partial charge in [-0.25, -0.2) is 0 Å². The predicted molar refractivity (Wildman–Crippen MR) is 109 cm³/mol. The largest absolute Gasteiger partial charge is 0.497 e. The molecule has 0 bridgehead atoms. The van der Waals surface area contributed by atoms with E-state index in [1.54, 1.807) is 32.4 Å². The van der Waals surface area contributed by atoms with Crippen LogP contribution in [0.15, 0.2) is 47.0 Å². The summed E-state index contributed by atoms with van der Waals surface area (Å²) >= 11 is 1.39. The maximum absolute atomic E-state index is 12.2. The van der Waals surface area contributed by atoms with Crippen LogP contribution >= 0.6 is 11.8 Å². The van der Waals surface area contributed by atoms with Crippen molar-refractivity contribution in [2.24, 2.45) is 0 Å². The molecule has 0 aliphatic heterocycles. The van der Waals surface area contributed by atoms with E-state index in [0.717, 1.165) is 5.56 Å². The number of ether oxygens (including phenoxy) is 2. The van der Waals surface area contributed by atoms with Gasteiger partial charge in [-0.1, -0.05) is 35.0 Å². The molecule has 0 aliphatic carbocycles. The first-order chi connectivity index (χ1) is 13.6. The number of carbonyl (C=O) groups excluding carboxylic acids is 1. The Labute approximate surface area is 167 Å². The highest BCUT2D eigenvalue weighted by Gasteiger charge is 2.12. The highest BCUT2D eigenvalue weighted by Crippen LogP contribution is 2.29. The second-order valence-corrected chi connectivity index (χ2v) is 6.97. The topological polar surface area (TPSA) is 86.5 Å². The molecule has 7 nitrogen and oxygen atoms in total. The van der Waals surface area contributed by atoms with Crippen molar-refractivity contribution in [3.8, 4) is 22.9 Å². The smallest absolute Gasteiger partial charge is 0.236 e. The number of nitrogens with one attached hydrogen (secondary N) is 1. The average molecular weight is 399 g/mol. The first kappa shape index (κ1) is 19.8. The molecule has 0 atom stereocenters. The number of amides is 1. The molecule has 0 radical (unpaired) electrons. The summed E-state index contributed by atoms with van der Waals surface area (Å²) in [7, 11) is 3.12. The summed E-state index contributed by atoms with van der Waals surface area (Å²) in [5.74, 6) is 2.77. The van der Waals surface area contributed by atoms with Crippen molar-refractivity contribution in [1.82, 2.24) is 10.1 Å². The zero-order chi connectivity index (χ0) is 19.9. The van der Waals surface area contributed by atoms with E-state index >= 15 is 0 Å². The molecule has 1 aromatic heterocycles. The minimum Gasteiger partial charge on any atom is -0.497 e. The summed E-state index contributed by atoms with van der Waals surface area (Å²) in [4.78, 5) is 16.6. The molecule has 8 heteroatoms. The maximum atomic E-state index is 12.2. The van der Waals surface area contributed by atoms with Gasteiger partial charge < -0.3 is 19.3 Å². The monoisotopic (exact) mass is 399 g/mol. The molecule has 146 valence electrons. The molecule has 0 aliphatic rings. The third kappa shape index (κ3) is 5.04. The minimum absolute atomic E-state index is 0.147. The molecular weight excluding hydrogens is 378 g/mol. The van der Waals surface area contributed by atoms with Crippen molar-refractivity contribution in [3.05, 3.63) is 53.9 Å². The van der Waals surface area contributed by atoms with Crippen LogP contribution in [-0.4, -0.2) is 36.0 Å². The molecule has 1 N–H and O–H groups in total. The standard InChI is InChI=1S/C20H21N3O4S/c1-13-4-6-14(7-5-13)20-22-19(27-23-20)12-28-11-18(24)21-16-9-8-15(25-2)10-17(16)26-3/h4-10H,11-12H2,1-3H3,(H,21,24). The molecule has 3 aromatic rings. The quantitative estimate of drug-likeness (QED) is 0.614. The van der Waals surface area contributed by atoms with Crippen LogP contribution in [-0.2, 0) is 10.5 Å². The molecular formula is C20H21N3O4S. The lowest BCUT2D eigenvalue weighted by Crippen LogP contribution is -2.14. The van der Waals surface area contributed by atoms with Crippen molar-refractivity contribution in [3.63, 3.8) is 0 Å². The van der Waals surface area contributed by atoms with Gasteiger partial charge in [-0.3, -0.25) is 4.79 Å². The molecule has 0 unspecified atom stereocenters. The summed E-state index contributed by atoms with van der Waals surface area (Å²) in [6, 6.07) is 13.1. The van der Waals surface area contributed by atoms with Crippen LogP contribution in [0.3, 0.4) is 0 Å². The Balaban J connectivity index is 1.51. The molecule has 0 spiro atoms. The molecule has 3 rings (SSSR count). The van der Waals surface area contributed by atoms with E-state index in [1.807, 2.05) is 31.2 Å². The Bertz CT molecular complexity index is 941. The third-order valence-electron chi connectivity index (χ3n) is 3.92. The number of thioether (sulfide) groups is 1. The molecule has 0 saturated heterocycles. The normalized spacial score (nSPS) is 10.5. The van der Waals surface area contributed by atoms with Crippen LogP contribution in [0.2, 0.25) is 0 Å². The summed E-state index contributed by atoms with van der Waals surface area (Å²) in [5, 5.41) is 6.82. The summed E-state index contributed by atoms with van der Waals surface area (Å²) in [6.07, 6.45) is 0. The summed E-state index contributed by atoms with van der Waals surface area (Å²) < 4.78 is 15.7. The lowest BCUT2D eigenvalue weighted by molar-refractivity contribution is -0.113. The van der Waals surface area contributed by atoms with E-state index in [2.05, 4.69) is 15.5 Å². The van der Waals surface area contributed by atoms with Crippen LogP contribution in [0.25, 0.3) is 11.4 Å². The molecule has 28 heavy (non-hydrogen) atoms. The first-order valence-corrected chi connectivity index (χ1v) is 9.73. The zero-order valence-electron chi connectivity index (χ0n) is 15.9. The number of nitrogens with zero attached hydrogens (tertiary/aromatic N) is 2. The fourth-order valence-electron chi connectivity index (χ4n) is 2.45. The molecule has 0 saturated carbocycles. The zero-order valence-corrected chi connectivity index (χ0v) is 16.7. The van der Waals surface area contributed by atoms with Crippen molar-refractivity contribution < 1.29 is 18.8 Å². The lowest BCUT2D eigenvalue weighted by Gasteiger charge is -2.11. The Morgan fingerprint density at radius 1 is 1.14 bits per heavy atom. The van der Waals surface area contributed by atoms with Gasteiger partial charge in [0.25, 0.3) is 0 Å². The predicted octanol–water partition coefficient (Wildman–Crippen LogP) is 3.93. The number of rotatable bonds is 8. The van der Waals surface area contributed by atoms with Gasteiger partial charge in [0.1, 0.15) is 11.5 Å². The Morgan fingerprint density at radius 3 is 2.64 bits per heavy atom. The van der Waals surface area contributed by atoms with Crippen molar-refractivity contribution in [2.75, 3.05) is 25.3 Å².